The maximum Gasteiger partial charge on any atom is 0.245 e. The van der Waals surface area contributed by atoms with Crippen molar-refractivity contribution >= 4 is 23.6 Å². The Labute approximate surface area is 139 Å². The Bertz CT molecular complexity index is 606. The van der Waals surface area contributed by atoms with Crippen molar-refractivity contribution in [2.45, 2.75) is 30.6 Å². The number of amides is 2. The first kappa shape index (κ1) is 16.3. The van der Waals surface area contributed by atoms with E-state index in [2.05, 4.69) is 5.32 Å². The lowest BCUT2D eigenvalue weighted by Crippen LogP contribution is -2.55. The van der Waals surface area contributed by atoms with Crippen molar-refractivity contribution in [3.05, 3.63) is 35.6 Å². The van der Waals surface area contributed by atoms with E-state index in [9.17, 15) is 14.0 Å². The Morgan fingerprint density at radius 2 is 2.13 bits per heavy atom. The summed E-state index contributed by atoms with van der Waals surface area (Å²) >= 11 is 1.44. The molecule has 0 radical (unpaired) electrons. The van der Waals surface area contributed by atoms with Gasteiger partial charge in [0.15, 0.2) is 0 Å². The molecule has 2 aliphatic rings. The fourth-order valence-corrected chi connectivity index (χ4v) is 3.95. The quantitative estimate of drug-likeness (QED) is 0.893. The van der Waals surface area contributed by atoms with Crippen LogP contribution in [0.5, 0.6) is 0 Å². The first-order chi connectivity index (χ1) is 11.0. The third kappa shape index (κ3) is 4.05. The van der Waals surface area contributed by atoms with Gasteiger partial charge in [0.25, 0.3) is 0 Å². The van der Waals surface area contributed by atoms with Crippen molar-refractivity contribution in [2.75, 3.05) is 19.3 Å². The van der Waals surface area contributed by atoms with E-state index in [1.165, 1.54) is 30.7 Å². The van der Waals surface area contributed by atoms with Crippen LogP contribution in [0.1, 0.15) is 18.4 Å². The second kappa shape index (κ2) is 6.91. The number of nitrogens with one attached hydrogen (secondary N) is 1. The van der Waals surface area contributed by atoms with Gasteiger partial charge in [-0.15, -0.1) is 11.8 Å². The van der Waals surface area contributed by atoms with Gasteiger partial charge in [-0.3, -0.25) is 9.59 Å². The van der Waals surface area contributed by atoms with Crippen LogP contribution in [0.15, 0.2) is 24.3 Å². The van der Waals surface area contributed by atoms with E-state index in [0.29, 0.717) is 23.7 Å². The van der Waals surface area contributed by atoms with Crippen molar-refractivity contribution < 1.29 is 14.0 Å². The van der Waals surface area contributed by atoms with Crippen LogP contribution in [0.3, 0.4) is 0 Å². The predicted molar refractivity (Wildman–Crippen MR) is 88.6 cm³/mol. The maximum absolute atomic E-state index is 13.7. The summed E-state index contributed by atoms with van der Waals surface area (Å²) in [6, 6.07) is 6.04. The molecular formula is C17H21FN2O2S. The third-order valence-corrected chi connectivity index (χ3v) is 5.65. The Kier molecular flexibility index (Phi) is 4.90. The van der Waals surface area contributed by atoms with Crippen LogP contribution in [0.2, 0.25) is 0 Å². The second-order valence-electron chi connectivity index (χ2n) is 6.34. The minimum Gasteiger partial charge on any atom is -0.344 e. The molecule has 124 valence electrons. The molecule has 4 nitrogen and oxygen atoms in total. The lowest BCUT2D eigenvalue weighted by molar-refractivity contribution is -0.135. The number of nitrogens with zero attached hydrogens (tertiary/aromatic N) is 1. The summed E-state index contributed by atoms with van der Waals surface area (Å²) < 4.78 is 13.7. The molecule has 1 aromatic carbocycles. The van der Waals surface area contributed by atoms with Crippen LogP contribution in [0.25, 0.3) is 0 Å². The molecule has 0 unspecified atom stereocenters. The number of likely N-dealkylation sites (N-methyl/N-ethyl adjacent to an activating group) is 1. The molecule has 1 saturated heterocycles. The van der Waals surface area contributed by atoms with Crippen LogP contribution < -0.4 is 5.32 Å². The number of thioether (sulfide) groups is 1. The van der Waals surface area contributed by atoms with Crippen molar-refractivity contribution in [3.8, 4) is 0 Å². The lowest BCUT2D eigenvalue weighted by atomic mass is 10.1. The second-order valence-corrected chi connectivity index (χ2v) is 7.58. The van der Waals surface area contributed by atoms with Gasteiger partial charge in [0.2, 0.25) is 11.8 Å². The van der Waals surface area contributed by atoms with Crippen molar-refractivity contribution in [2.24, 2.45) is 5.92 Å². The molecule has 1 aliphatic heterocycles. The summed E-state index contributed by atoms with van der Waals surface area (Å²) in [4.78, 5) is 26.3. The molecule has 2 fully saturated rings. The van der Waals surface area contributed by atoms with Gasteiger partial charge < -0.3 is 10.2 Å². The van der Waals surface area contributed by atoms with E-state index >= 15 is 0 Å². The van der Waals surface area contributed by atoms with Gasteiger partial charge in [0.1, 0.15) is 11.9 Å². The highest BCUT2D eigenvalue weighted by Crippen LogP contribution is 2.30. The summed E-state index contributed by atoms with van der Waals surface area (Å²) in [5.41, 5.74) is 0.538. The zero-order chi connectivity index (χ0) is 16.4. The molecular weight excluding hydrogens is 315 g/mol. The number of halogens is 1. The predicted octanol–water partition coefficient (Wildman–Crippen LogP) is 1.84. The minimum atomic E-state index is -0.465. The fraction of sp³-hybridized carbons (Fsp3) is 0.529. The molecule has 1 aromatic rings. The fourth-order valence-electron chi connectivity index (χ4n) is 2.79. The molecule has 1 aliphatic carbocycles. The molecule has 0 aromatic heterocycles. The number of rotatable bonds is 5. The zero-order valence-corrected chi connectivity index (χ0v) is 13.9. The van der Waals surface area contributed by atoms with Gasteiger partial charge in [0.05, 0.1) is 5.25 Å². The number of carbonyl (C=O) groups excluding carboxylic acids is 2. The molecule has 0 bridgehead atoms. The van der Waals surface area contributed by atoms with Gasteiger partial charge in [-0.1, -0.05) is 18.2 Å². The minimum absolute atomic E-state index is 0.0258. The zero-order valence-electron chi connectivity index (χ0n) is 13.1. The molecule has 1 saturated carbocycles. The van der Waals surface area contributed by atoms with Crippen LogP contribution >= 0.6 is 11.8 Å². The van der Waals surface area contributed by atoms with Crippen molar-refractivity contribution in [1.29, 1.82) is 0 Å². The van der Waals surface area contributed by atoms with Crippen LogP contribution in [-0.4, -0.2) is 47.4 Å². The number of hydrogen-bond acceptors (Lipinski definition) is 3. The molecule has 3 rings (SSSR count). The monoisotopic (exact) mass is 336 g/mol. The normalized spacial score (nSPS) is 24.2. The van der Waals surface area contributed by atoms with E-state index in [4.69, 9.17) is 0 Å². The maximum atomic E-state index is 13.7. The molecule has 1 heterocycles. The summed E-state index contributed by atoms with van der Waals surface area (Å²) in [5, 5.41) is 2.46. The third-order valence-electron chi connectivity index (χ3n) is 4.34. The highest BCUT2D eigenvalue weighted by Gasteiger charge is 2.35. The van der Waals surface area contributed by atoms with E-state index in [0.717, 1.165) is 6.54 Å². The van der Waals surface area contributed by atoms with E-state index < -0.39 is 6.04 Å². The van der Waals surface area contributed by atoms with Gasteiger partial charge in [-0.05, 0) is 36.8 Å². The largest absolute Gasteiger partial charge is 0.344 e. The van der Waals surface area contributed by atoms with Gasteiger partial charge in [-0.2, -0.15) is 0 Å². The molecule has 6 heteroatoms. The van der Waals surface area contributed by atoms with Gasteiger partial charge >= 0.3 is 0 Å². The van der Waals surface area contributed by atoms with Crippen LogP contribution in [-0.2, 0) is 16.0 Å². The standard InChI is InChI=1S/C17H21FN2O2S/c1-20(9-11-6-7-11)17(22)14-10-23-15(16(21)19-14)8-12-4-2-3-5-13(12)18/h2-5,11,14-15H,6-10H2,1H3,(H,19,21)/t14-,15-/m1/s1. The Balaban J connectivity index is 1.55. The van der Waals surface area contributed by atoms with Crippen LogP contribution in [0, 0.1) is 11.7 Å². The summed E-state index contributed by atoms with van der Waals surface area (Å²) in [6.07, 6.45) is 2.73. The Morgan fingerprint density at radius 3 is 2.78 bits per heavy atom. The highest BCUT2D eigenvalue weighted by molar-refractivity contribution is 8.00. The van der Waals surface area contributed by atoms with E-state index in [1.807, 2.05) is 0 Å². The Hall–Kier alpha value is -1.56. The van der Waals surface area contributed by atoms with E-state index in [1.54, 1.807) is 30.1 Å². The number of carbonyl (C=O) groups is 2. The molecule has 0 spiro atoms. The lowest BCUT2D eigenvalue weighted by Gasteiger charge is -2.31. The average molecular weight is 336 g/mol. The van der Waals surface area contributed by atoms with Crippen molar-refractivity contribution in [1.82, 2.24) is 10.2 Å². The SMILES string of the molecule is CN(CC1CC1)C(=O)[C@H]1CS[C@H](Cc2ccccc2F)C(=O)N1. The first-order valence-corrected chi connectivity index (χ1v) is 9.00. The molecule has 1 N–H and O–H groups in total. The van der Waals surface area contributed by atoms with E-state index in [-0.39, 0.29) is 22.9 Å². The number of benzene rings is 1. The summed E-state index contributed by atoms with van der Waals surface area (Å²) in [5.74, 6) is 0.677. The van der Waals surface area contributed by atoms with Crippen molar-refractivity contribution in [3.63, 3.8) is 0 Å². The Morgan fingerprint density at radius 1 is 1.39 bits per heavy atom. The van der Waals surface area contributed by atoms with Gasteiger partial charge in [-0.25, -0.2) is 4.39 Å². The topological polar surface area (TPSA) is 49.4 Å². The highest BCUT2D eigenvalue weighted by atomic mass is 32.2. The molecule has 2 atom stereocenters. The van der Waals surface area contributed by atoms with Gasteiger partial charge in [0, 0.05) is 19.3 Å². The smallest absolute Gasteiger partial charge is 0.245 e. The summed E-state index contributed by atoms with van der Waals surface area (Å²) in [6.45, 7) is 0.772. The average Bonchev–Trinajstić information content (AvgIpc) is 3.34. The first-order valence-electron chi connectivity index (χ1n) is 7.95. The summed E-state index contributed by atoms with van der Waals surface area (Å²) in [7, 11) is 1.79. The molecule has 23 heavy (non-hydrogen) atoms. The number of hydrogen-bond donors (Lipinski definition) is 1. The molecule has 2 amide bonds. The van der Waals surface area contributed by atoms with Crippen LogP contribution in [0.4, 0.5) is 4.39 Å².